The summed E-state index contributed by atoms with van der Waals surface area (Å²) in [6.45, 7) is 0. The van der Waals surface area contributed by atoms with Gasteiger partial charge in [-0.25, -0.2) is 4.98 Å². The van der Waals surface area contributed by atoms with Crippen molar-refractivity contribution in [3.63, 3.8) is 0 Å². The number of pyridine rings is 1. The lowest BCUT2D eigenvalue weighted by Gasteiger charge is -2.39. The van der Waals surface area contributed by atoms with Crippen molar-refractivity contribution in [2.24, 2.45) is 5.73 Å². The van der Waals surface area contributed by atoms with Crippen LogP contribution in [0.5, 0.6) is 0 Å². The number of amides is 1. The van der Waals surface area contributed by atoms with E-state index in [1.807, 2.05) is 4.90 Å². The van der Waals surface area contributed by atoms with E-state index in [-0.39, 0.29) is 41.2 Å². The number of nitrogens with two attached hydrogens (primary N) is 3. The number of hydrogen-bond donors (Lipinski definition) is 4. The van der Waals surface area contributed by atoms with E-state index in [2.05, 4.69) is 20.3 Å². The van der Waals surface area contributed by atoms with Crippen molar-refractivity contribution in [2.45, 2.75) is 80.3 Å². The Morgan fingerprint density at radius 1 is 0.933 bits per heavy atom. The van der Waals surface area contributed by atoms with E-state index in [1.165, 1.54) is 16.8 Å². The molecule has 11 nitrogen and oxygen atoms in total. The van der Waals surface area contributed by atoms with Crippen molar-refractivity contribution in [1.29, 1.82) is 0 Å². The van der Waals surface area contributed by atoms with Crippen LogP contribution in [0.15, 0.2) is 30.6 Å². The van der Waals surface area contributed by atoms with Crippen LogP contribution in [-0.2, 0) is 5.54 Å². The minimum atomic E-state index is -5.83. The number of aromatic nitrogens is 6. The maximum Gasteiger partial charge on any atom is 0.421 e. The number of H-pyrrole nitrogens is 1. The molecule has 4 aromatic rings. The molecule has 1 amide bonds. The predicted molar refractivity (Wildman–Crippen MR) is 149 cm³/mol. The maximum absolute atomic E-state index is 13.5. The van der Waals surface area contributed by atoms with Gasteiger partial charge in [0.1, 0.15) is 17.3 Å². The minimum Gasteiger partial charge on any atom is -0.383 e. The Bertz CT molecular complexity index is 1760. The molecular formula is C28H28F6N10O. The molecule has 2 saturated heterocycles. The molecule has 6 heterocycles. The third kappa shape index (κ3) is 4.49. The molecule has 3 fully saturated rings. The molecule has 2 unspecified atom stereocenters. The summed E-state index contributed by atoms with van der Waals surface area (Å²) in [6.07, 6.45) is -4.60. The van der Waals surface area contributed by atoms with Gasteiger partial charge in [0.15, 0.2) is 5.65 Å². The third-order valence-corrected chi connectivity index (χ3v) is 9.29. The Balaban J connectivity index is 1.25. The number of anilines is 2. The highest BCUT2D eigenvalue weighted by atomic mass is 19.4. The lowest BCUT2D eigenvalue weighted by Crippen LogP contribution is -2.61. The molecule has 2 bridgehead atoms. The van der Waals surface area contributed by atoms with Crippen molar-refractivity contribution in [2.75, 3.05) is 11.5 Å². The number of nitrogens with one attached hydrogen (secondary N) is 1. The second-order valence-corrected chi connectivity index (χ2v) is 12.1. The first-order valence-corrected chi connectivity index (χ1v) is 14.4. The first-order chi connectivity index (χ1) is 21.2. The summed E-state index contributed by atoms with van der Waals surface area (Å²) in [5.74, 6) is 0.593. The molecule has 238 valence electrons. The zero-order valence-corrected chi connectivity index (χ0v) is 23.5. The van der Waals surface area contributed by atoms with Gasteiger partial charge in [0.2, 0.25) is 0 Å². The Kier molecular flexibility index (Phi) is 6.38. The van der Waals surface area contributed by atoms with Gasteiger partial charge in [-0.3, -0.25) is 14.9 Å². The summed E-state index contributed by atoms with van der Waals surface area (Å²) < 4.78 is 82.5. The van der Waals surface area contributed by atoms with Crippen LogP contribution in [0.1, 0.15) is 77.8 Å². The van der Waals surface area contributed by atoms with Crippen LogP contribution >= 0.6 is 0 Å². The summed E-state index contributed by atoms with van der Waals surface area (Å²) in [4.78, 5) is 23.7. The molecule has 4 aromatic heterocycles. The standard InChI is InChI=1S/C28H28F6N10O/c29-27(30,31)26(37,28(32,33)34)19-6-3-13(10-38-19)17-11-39-44-23(36)21(12-1-2-12)22(40-24(17)44)14-7-15-4-5-16(8-14)43(15)25(45)18-9-20(35)42-41-18/h3,6,9-12,14-16H,1-2,4-5,7-8,36-37H2,(H3,35,41,42). The van der Waals surface area contributed by atoms with Crippen LogP contribution < -0.4 is 17.2 Å². The average Bonchev–Trinajstić information content (AvgIpc) is 3.47. The van der Waals surface area contributed by atoms with Crippen molar-refractivity contribution < 1.29 is 31.1 Å². The zero-order valence-electron chi connectivity index (χ0n) is 23.5. The fourth-order valence-electron chi connectivity index (χ4n) is 6.91. The quantitative estimate of drug-likeness (QED) is 0.234. The van der Waals surface area contributed by atoms with Crippen LogP contribution in [0, 0.1) is 0 Å². The molecule has 7 N–H and O–H groups in total. The van der Waals surface area contributed by atoms with Gasteiger partial charge in [0.05, 0.1) is 17.6 Å². The number of fused-ring (bicyclic) bond motifs is 3. The molecule has 7 rings (SSSR count). The van der Waals surface area contributed by atoms with Crippen molar-refractivity contribution in [3.8, 4) is 11.1 Å². The molecule has 3 aliphatic rings. The molecule has 0 aromatic carbocycles. The van der Waals surface area contributed by atoms with Crippen molar-refractivity contribution in [1.82, 2.24) is 34.7 Å². The highest BCUT2D eigenvalue weighted by molar-refractivity contribution is 5.93. The van der Waals surface area contributed by atoms with Crippen molar-refractivity contribution in [3.05, 3.63) is 53.2 Å². The molecule has 2 atom stereocenters. The number of hydrogen-bond acceptors (Lipinski definition) is 8. The first-order valence-electron chi connectivity index (χ1n) is 14.4. The summed E-state index contributed by atoms with van der Waals surface area (Å²) in [5, 5.41) is 10.9. The Labute approximate surface area is 251 Å². The predicted octanol–water partition coefficient (Wildman–Crippen LogP) is 4.39. The van der Waals surface area contributed by atoms with Gasteiger partial charge >= 0.3 is 12.4 Å². The number of alkyl halides is 6. The van der Waals surface area contributed by atoms with Crippen LogP contribution in [0.3, 0.4) is 0 Å². The molecule has 2 aliphatic heterocycles. The maximum atomic E-state index is 13.5. The number of carbonyl (C=O) groups is 1. The number of aromatic amines is 1. The highest BCUT2D eigenvalue weighted by Gasteiger charge is 2.70. The molecule has 0 radical (unpaired) electrons. The average molecular weight is 635 g/mol. The van der Waals surface area contributed by atoms with E-state index in [1.54, 1.807) is 0 Å². The SMILES string of the molecule is Nc1cc(C(=O)N2C3CCC2CC(c2nc4c(-c5ccc(C(N)(C(F)(F)F)C(F)(F)F)nc5)cnn4c(N)c2C2CC2)C3)[nH]n1. The number of rotatable bonds is 5. The first kappa shape index (κ1) is 29.3. The number of nitrogen functional groups attached to an aromatic ring is 2. The van der Waals surface area contributed by atoms with Gasteiger partial charge in [-0.05, 0) is 50.5 Å². The van der Waals surface area contributed by atoms with E-state index < -0.39 is 23.6 Å². The lowest BCUT2D eigenvalue weighted by molar-refractivity contribution is -0.303. The van der Waals surface area contributed by atoms with E-state index in [4.69, 9.17) is 22.2 Å². The third-order valence-electron chi connectivity index (χ3n) is 9.29. The molecule has 1 aliphatic carbocycles. The molecule has 1 saturated carbocycles. The fraction of sp³-hybridized carbons (Fsp3) is 0.464. The van der Waals surface area contributed by atoms with Crippen LogP contribution in [0.25, 0.3) is 16.8 Å². The van der Waals surface area contributed by atoms with Crippen LogP contribution in [-0.4, -0.2) is 65.0 Å². The minimum absolute atomic E-state index is 0.0408. The number of carbonyl (C=O) groups excluding carboxylic acids is 1. The molecular weight excluding hydrogens is 606 g/mol. The summed E-state index contributed by atoms with van der Waals surface area (Å²) in [6, 6.07) is 3.11. The summed E-state index contributed by atoms with van der Waals surface area (Å²) in [5.41, 5.74) is 14.1. The van der Waals surface area contributed by atoms with Gasteiger partial charge in [-0.15, -0.1) is 0 Å². The fourth-order valence-corrected chi connectivity index (χ4v) is 6.91. The van der Waals surface area contributed by atoms with Gasteiger partial charge in [0.25, 0.3) is 11.4 Å². The van der Waals surface area contributed by atoms with Gasteiger partial charge in [-0.1, -0.05) is 6.07 Å². The Morgan fingerprint density at radius 3 is 2.13 bits per heavy atom. The smallest absolute Gasteiger partial charge is 0.383 e. The Morgan fingerprint density at radius 2 is 1.60 bits per heavy atom. The van der Waals surface area contributed by atoms with Crippen LogP contribution in [0.2, 0.25) is 0 Å². The number of nitrogens with zero attached hydrogens (tertiary/aromatic N) is 6. The van der Waals surface area contributed by atoms with E-state index in [0.717, 1.165) is 49.2 Å². The largest absolute Gasteiger partial charge is 0.421 e. The second-order valence-electron chi connectivity index (χ2n) is 12.1. The summed E-state index contributed by atoms with van der Waals surface area (Å²) in [7, 11) is 0. The molecule has 17 heteroatoms. The lowest BCUT2D eigenvalue weighted by atomic mass is 9.85. The van der Waals surface area contributed by atoms with Crippen LogP contribution in [0.4, 0.5) is 38.0 Å². The topological polar surface area (TPSA) is 170 Å². The number of piperidine rings is 1. The molecule has 0 spiro atoms. The van der Waals surface area contributed by atoms with Gasteiger partial charge in [0, 0.05) is 47.0 Å². The van der Waals surface area contributed by atoms with E-state index in [9.17, 15) is 31.1 Å². The second kappa shape index (κ2) is 9.79. The normalized spacial score (nSPS) is 22.4. The van der Waals surface area contributed by atoms with Crippen molar-refractivity contribution >= 4 is 23.2 Å². The zero-order chi connectivity index (χ0) is 32.1. The monoisotopic (exact) mass is 634 g/mol. The highest BCUT2D eigenvalue weighted by Crippen LogP contribution is 2.51. The number of halogens is 6. The molecule has 45 heavy (non-hydrogen) atoms. The van der Waals surface area contributed by atoms with E-state index in [0.29, 0.717) is 41.6 Å². The Hall–Kier alpha value is -4.41. The van der Waals surface area contributed by atoms with Gasteiger partial charge in [-0.2, -0.15) is 41.1 Å². The van der Waals surface area contributed by atoms with Gasteiger partial charge < -0.3 is 22.1 Å². The summed E-state index contributed by atoms with van der Waals surface area (Å²) >= 11 is 0. The van der Waals surface area contributed by atoms with E-state index >= 15 is 0 Å².